The molecule has 1 aliphatic carbocycles. The number of halogens is 6. The van der Waals surface area contributed by atoms with Crippen LogP contribution in [0.25, 0.3) is 0 Å². The number of carbonyl (C=O) groups is 2. The van der Waals surface area contributed by atoms with Crippen LogP contribution in [-0.2, 0) is 23.8 Å². The van der Waals surface area contributed by atoms with Crippen LogP contribution in [0.5, 0.6) is 0 Å². The number of carbonyl (C=O) groups excluding carboxylic acids is 2. The lowest BCUT2D eigenvalue weighted by Crippen LogP contribution is -2.61. The predicted molar refractivity (Wildman–Crippen MR) is 87.9 cm³/mol. The molecule has 1 N–H and O–H groups in total. The van der Waals surface area contributed by atoms with Gasteiger partial charge in [0, 0.05) is 17.9 Å². The van der Waals surface area contributed by atoms with Gasteiger partial charge < -0.3 is 19.3 Å². The second kappa shape index (κ2) is 7.70. The van der Waals surface area contributed by atoms with Crippen molar-refractivity contribution < 1.29 is 55.2 Å². The molecule has 1 aliphatic heterocycles. The molecule has 6 nitrogen and oxygen atoms in total. The maximum absolute atomic E-state index is 12.9. The van der Waals surface area contributed by atoms with Gasteiger partial charge in [0.05, 0.1) is 18.1 Å². The molecule has 2 aliphatic rings. The van der Waals surface area contributed by atoms with E-state index >= 15 is 0 Å². The third kappa shape index (κ3) is 4.43. The second-order valence-electron chi connectivity index (χ2n) is 8.13. The second-order valence-corrected chi connectivity index (χ2v) is 8.13. The molecule has 30 heavy (non-hydrogen) atoms. The Morgan fingerprint density at radius 1 is 1.17 bits per heavy atom. The van der Waals surface area contributed by atoms with Crippen LogP contribution in [0.15, 0.2) is 12.2 Å². The lowest BCUT2D eigenvalue weighted by molar-refractivity contribution is -0.383. The number of hydrogen-bond donors (Lipinski definition) is 1. The lowest BCUT2D eigenvalue weighted by atomic mass is 9.70. The summed E-state index contributed by atoms with van der Waals surface area (Å²) in [6, 6.07) is 0. The molecular formula is C18H22F6O6. The predicted octanol–water partition coefficient (Wildman–Crippen LogP) is 3.08. The van der Waals surface area contributed by atoms with Crippen LogP contribution in [0.3, 0.4) is 0 Å². The minimum Gasteiger partial charge on any atom is -0.458 e. The number of fused-ring (bicyclic) bond motifs is 2. The first-order valence-corrected chi connectivity index (χ1v) is 8.97. The van der Waals surface area contributed by atoms with Crippen molar-refractivity contribution in [1.29, 1.82) is 0 Å². The van der Waals surface area contributed by atoms with Gasteiger partial charge in [0.1, 0.15) is 12.2 Å². The first-order valence-electron chi connectivity index (χ1n) is 8.97. The van der Waals surface area contributed by atoms with Gasteiger partial charge in [-0.25, -0.2) is 4.79 Å². The highest BCUT2D eigenvalue weighted by molar-refractivity contribution is 5.87. The van der Waals surface area contributed by atoms with Gasteiger partial charge >= 0.3 is 24.3 Å². The largest absolute Gasteiger partial charge is 0.458 e. The van der Waals surface area contributed by atoms with E-state index < -0.39 is 66.1 Å². The summed E-state index contributed by atoms with van der Waals surface area (Å²) in [5, 5.41) is 9.32. The first kappa shape index (κ1) is 24.4. The number of alkyl halides is 6. The molecule has 0 spiro atoms. The van der Waals surface area contributed by atoms with Crippen molar-refractivity contribution >= 4 is 11.9 Å². The van der Waals surface area contributed by atoms with Crippen LogP contribution in [0.4, 0.5) is 26.3 Å². The molecule has 2 bridgehead atoms. The molecule has 1 saturated carbocycles. The summed E-state index contributed by atoms with van der Waals surface area (Å²) in [4.78, 5) is 24.0. The van der Waals surface area contributed by atoms with E-state index in [1.54, 1.807) is 0 Å². The summed E-state index contributed by atoms with van der Waals surface area (Å²) in [6.07, 6.45) is -13.8. The normalized spacial score (nSPS) is 27.6. The summed E-state index contributed by atoms with van der Waals surface area (Å²) in [5.74, 6) is -3.29. The van der Waals surface area contributed by atoms with Crippen molar-refractivity contribution in [2.45, 2.75) is 69.4 Å². The molecule has 1 heterocycles. The zero-order valence-corrected chi connectivity index (χ0v) is 16.4. The standard InChI is InChI=1S/C18H22F6O6/c1-8(2)13(25)29-12-6-10(9-5-11(12)30-14(9)26)15(3,4)28-7-16(27,17(19,20)21)18(22,23)24/h9-12,27H,1,5-7H2,2-4H3. The number of esters is 2. The molecule has 12 heteroatoms. The van der Waals surface area contributed by atoms with Crippen molar-refractivity contribution in [3.8, 4) is 0 Å². The maximum Gasteiger partial charge on any atom is 0.428 e. The van der Waals surface area contributed by atoms with Gasteiger partial charge in [-0.3, -0.25) is 4.79 Å². The Labute approximate surface area is 168 Å². The Kier molecular flexibility index (Phi) is 6.28. The lowest BCUT2D eigenvalue weighted by Gasteiger charge is -2.42. The Balaban J connectivity index is 2.23. The molecular weight excluding hydrogens is 426 g/mol. The molecule has 0 amide bonds. The van der Waals surface area contributed by atoms with Crippen molar-refractivity contribution in [2.75, 3.05) is 6.61 Å². The van der Waals surface area contributed by atoms with Crippen molar-refractivity contribution in [1.82, 2.24) is 0 Å². The summed E-state index contributed by atoms with van der Waals surface area (Å²) in [6.45, 7) is 5.09. The summed E-state index contributed by atoms with van der Waals surface area (Å²) < 4.78 is 92.8. The average Bonchev–Trinajstić information content (AvgIpc) is 2.89. The third-order valence-corrected chi connectivity index (χ3v) is 5.53. The Bertz CT molecular complexity index is 699. The van der Waals surface area contributed by atoms with E-state index in [1.165, 1.54) is 20.8 Å². The van der Waals surface area contributed by atoms with Crippen LogP contribution in [0, 0.1) is 11.8 Å². The fraction of sp³-hybridized carbons (Fsp3) is 0.778. The van der Waals surface area contributed by atoms with E-state index in [-0.39, 0.29) is 18.4 Å². The van der Waals surface area contributed by atoms with E-state index in [0.29, 0.717) is 0 Å². The van der Waals surface area contributed by atoms with Crippen molar-refractivity contribution in [3.05, 3.63) is 12.2 Å². The fourth-order valence-corrected chi connectivity index (χ4v) is 3.61. The first-order chi connectivity index (χ1) is 13.4. The van der Waals surface area contributed by atoms with E-state index in [1.807, 2.05) is 0 Å². The van der Waals surface area contributed by atoms with Gasteiger partial charge in [-0.05, 0) is 27.2 Å². The van der Waals surface area contributed by atoms with Crippen molar-refractivity contribution in [2.24, 2.45) is 11.8 Å². The van der Waals surface area contributed by atoms with E-state index in [0.717, 1.165) is 0 Å². The van der Waals surface area contributed by atoms with Crippen LogP contribution < -0.4 is 0 Å². The van der Waals surface area contributed by atoms with E-state index in [4.69, 9.17) is 14.2 Å². The van der Waals surface area contributed by atoms with E-state index in [9.17, 15) is 41.0 Å². The van der Waals surface area contributed by atoms with Crippen LogP contribution >= 0.6 is 0 Å². The van der Waals surface area contributed by atoms with Gasteiger partial charge in [-0.15, -0.1) is 0 Å². The molecule has 2 rings (SSSR count). The highest BCUT2D eigenvalue weighted by atomic mass is 19.4. The van der Waals surface area contributed by atoms with Gasteiger partial charge in [-0.1, -0.05) is 6.58 Å². The molecule has 0 radical (unpaired) electrons. The average molecular weight is 448 g/mol. The fourth-order valence-electron chi connectivity index (χ4n) is 3.61. The van der Waals surface area contributed by atoms with Gasteiger partial charge in [0.25, 0.3) is 5.60 Å². The van der Waals surface area contributed by atoms with Gasteiger partial charge in [-0.2, -0.15) is 26.3 Å². The molecule has 0 aromatic heterocycles. The number of aliphatic hydroxyl groups is 1. The molecule has 172 valence electrons. The molecule has 4 atom stereocenters. The number of rotatable bonds is 6. The quantitative estimate of drug-likeness (QED) is 0.382. The Morgan fingerprint density at radius 3 is 2.17 bits per heavy atom. The Morgan fingerprint density at radius 2 is 1.70 bits per heavy atom. The number of hydrogen-bond acceptors (Lipinski definition) is 6. The Hall–Kier alpha value is -1.82. The molecule has 2 fully saturated rings. The van der Waals surface area contributed by atoms with Crippen LogP contribution in [-0.4, -0.2) is 59.4 Å². The topological polar surface area (TPSA) is 82.1 Å². The third-order valence-electron chi connectivity index (χ3n) is 5.53. The van der Waals surface area contributed by atoms with Gasteiger partial charge in [0.2, 0.25) is 0 Å². The monoisotopic (exact) mass is 448 g/mol. The summed E-state index contributed by atoms with van der Waals surface area (Å²) in [5.41, 5.74) is -6.75. The van der Waals surface area contributed by atoms with Crippen LogP contribution in [0.1, 0.15) is 33.6 Å². The van der Waals surface area contributed by atoms with Crippen molar-refractivity contribution in [3.63, 3.8) is 0 Å². The number of ether oxygens (including phenoxy) is 3. The van der Waals surface area contributed by atoms with E-state index in [2.05, 4.69) is 6.58 Å². The zero-order chi connectivity index (χ0) is 23.3. The summed E-state index contributed by atoms with van der Waals surface area (Å²) >= 11 is 0. The highest BCUT2D eigenvalue weighted by Crippen LogP contribution is 2.48. The molecule has 0 aromatic carbocycles. The minimum absolute atomic E-state index is 0.0627. The maximum atomic E-state index is 12.9. The van der Waals surface area contributed by atoms with Crippen LogP contribution in [0.2, 0.25) is 0 Å². The summed E-state index contributed by atoms with van der Waals surface area (Å²) in [7, 11) is 0. The molecule has 1 saturated heterocycles. The SMILES string of the molecule is C=C(C)C(=O)OC1CC(C(C)(C)OCC(O)(C(F)(F)F)C(F)(F)F)C2CC1OC2=O. The molecule has 4 unspecified atom stereocenters. The highest BCUT2D eigenvalue weighted by Gasteiger charge is 2.71. The smallest absolute Gasteiger partial charge is 0.428 e. The molecule has 0 aromatic rings. The zero-order valence-electron chi connectivity index (χ0n) is 16.4. The van der Waals surface area contributed by atoms with Gasteiger partial charge in [0.15, 0.2) is 0 Å². The minimum atomic E-state index is -6.04.